The molecule has 0 bridgehead atoms. The molecule has 1 fully saturated rings. The highest BCUT2D eigenvalue weighted by Crippen LogP contribution is 2.37. The highest BCUT2D eigenvalue weighted by molar-refractivity contribution is 5.03. The third-order valence-electron chi connectivity index (χ3n) is 3.32. The molecule has 0 saturated heterocycles. The fourth-order valence-corrected chi connectivity index (χ4v) is 2.33. The molecule has 0 heterocycles. The highest BCUT2D eigenvalue weighted by atomic mass is 16.3. The highest BCUT2D eigenvalue weighted by Gasteiger charge is 2.35. The quantitative estimate of drug-likeness (QED) is 0.640. The molecular formula is C11H20O2. The van der Waals surface area contributed by atoms with E-state index in [0.717, 1.165) is 18.4 Å². The van der Waals surface area contributed by atoms with Crippen molar-refractivity contribution in [2.45, 2.75) is 32.8 Å². The molecule has 2 N–H and O–H groups in total. The van der Waals surface area contributed by atoms with Gasteiger partial charge in [0.2, 0.25) is 0 Å². The minimum absolute atomic E-state index is 0.00116. The minimum Gasteiger partial charge on any atom is -0.396 e. The van der Waals surface area contributed by atoms with E-state index in [0.29, 0.717) is 11.8 Å². The molecule has 4 unspecified atom stereocenters. The summed E-state index contributed by atoms with van der Waals surface area (Å²) in [4.78, 5) is 0. The van der Waals surface area contributed by atoms with E-state index in [4.69, 9.17) is 0 Å². The van der Waals surface area contributed by atoms with Crippen LogP contribution in [0.1, 0.15) is 26.7 Å². The Balaban J connectivity index is 2.71. The molecular weight excluding hydrogens is 164 g/mol. The number of rotatable bonds is 2. The molecule has 0 aromatic rings. The summed E-state index contributed by atoms with van der Waals surface area (Å²) < 4.78 is 0. The molecule has 2 nitrogen and oxygen atoms in total. The molecule has 13 heavy (non-hydrogen) atoms. The first-order valence-electron chi connectivity index (χ1n) is 5.02. The summed E-state index contributed by atoms with van der Waals surface area (Å²) >= 11 is 0. The van der Waals surface area contributed by atoms with E-state index in [1.54, 1.807) is 0 Å². The maximum atomic E-state index is 9.86. The molecule has 1 aliphatic rings. The van der Waals surface area contributed by atoms with Crippen molar-refractivity contribution in [3.8, 4) is 0 Å². The number of hydrogen-bond acceptors (Lipinski definition) is 2. The summed E-state index contributed by atoms with van der Waals surface area (Å²) in [5.74, 6) is 0.616. The van der Waals surface area contributed by atoms with E-state index in [1.807, 2.05) is 13.8 Å². The lowest BCUT2D eigenvalue weighted by atomic mass is 9.70. The van der Waals surface area contributed by atoms with Gasteiger partial charge >= 0.3 is 0 Å². The topological polar surface area (TPSA) is 40.5 Å². The summed E-state index contributed by atoms with van der Waals surface area (Å²) in [6, 6.07) is 0. The van der Waals surface area contributed by atoms with Gasteiger partial charge in [0, 0.05) is 12.5 Å². The van der Waals surface area contributed by atoms with Gasteiger partial charge in [-0.1, -0.05) is 19.1 Å². The van der Waals surface area contributed by atoms with Crippen LogP contribution in [0, 0.1) is 17.8 Å². The molecule has 0 aromatic heterocycles. The van der Waals surface area contributed by atoms with Crippen LogP contribution in [0.3, 0.4) is 0 Å². The molecule has 0 spiro atoms. The van der Waals surface area contributed by atoms with Gasteiger partial charge in [-0.3, -0.25) is 0 Å². The first-order chi connectivity index (χ1) is 6.07. The number of aliphatic hydroxyl groups excluding tert-OH is 2. The first kappa shape index (κ1) is 10.7. The van der Waals surface area contributed by atoms with E-state index in [9.17, 15) is 10.2 Å². The van der Waals surface area contributed by atoms with Crippen molar-refractivity contribution in [3.05, 3.63) is 12.2 Å². The summed E-state index contributed by atoms with van der Waals surface area (Å²) in [7, 11) is 0. The second-order valence-electron chi connectivity index (χ2n) is 4.34. The van der Waals surface area contributed by atoms with Crippen LogP contribution in [0.25, 0.3) is 0 Å². The molecule has 1 saturated carbocycles. The van der Waals surface area contributed by atoms with Crippen LogP contribution < -0.4 is 0 Å². The Morgan fingerprint density at radius 1 is 1.46 bits per heavy atom. The third kappa shape index (κ3) is 2.12. The number of hydrogen-bond donors (Lipinski definition) is 2. The fourth-order valence-electron chi connectivity index (χ4n) is 2.33. The Morgan fingerprint density at radius 3 is 2.54 bits per heavy atom. The lowest BCUT2D eigenvalue weighted by Gasteiger charge is -2.38. The Morgan fingerprint density at radius 2 is 2.08 bits per heavy atom. The minimum atomic E-state index is -0.361. The van der Waals surface area contributed by atoms with Crippen molar-refractivity contribution in [3.63, 3.8) is 0 Å². The van der Waals surface area contributed by atoms with Crippen LogP contribution in [0.2, 0.25) is 0 Å². The molecule has 76 valence electrons. The second-order valence-corrected chi connectivity index (χ2v) is 4.34. The summed E-state index contributed by atoms with van der Waals surface area (Å²) in [6.45, 7) is 8.01. The van der Waals surface area contributed by atoms with E-state index >= 15 is 0 Å². The van der Waals surface area contributed by atoms with Gasteiger partial charge in [0.15, 0.2) is 0 Å². The smallest absolute Gasteiger partial charge is 0.0621 e. The zero-order valence-corrected chi connectivity index (χ0v) is 8.53. The lowest BCUT2D eigenvalue weighted by Crippen LogP contribution is -2.40. The Kier molecular flexibility index (Phi) is 3.51. The van der Waals surface area contributed by atoms with Gasteiger partial charge in [-0.05, 0) is 31.6 Å². The number of allylic oxidation sites excluding steroid dienone is 1. The lowest BCUT2D eigenvalue weighted by molar-refractivity contribution is -0.0234. The predicted octanol–water partition coefficient (Wildman–Crippen LogP) is 1.58. The van der Waals surface area contributed by atoms with E-state index < -0.39 is 0 Å². The van der Waals surface area contributed by atoms with Crippen LogP contribution in [-0.4, -0.2) is 22.9 Å². The molecule has 0 radical (unpaired) electrons. The molecule has 0 aromatic carbocycles. The fraction of sp³-hybridized carbons (Fsp3) is 0.818. The van der Waals surface area contributed by atoms with E-state index in [1.165, 1.54) is 0 Å². The van der Waals surface area contributed by atoms with Crippen LogP contribution >= 0.6 is 0 Å². The molecule has 2 heteroatoms. The maximum absolute atomic E-state index is 9.86. The Hall–Kier alpha value is -0.340. The van der Waals surface area contributed by atoms with Crippen molar-refractivity contribution in [1.29, 1.82) is 0 Å². The zero-order chi connectivity index (χ0) is 10.0. The van der Waals surface area contributed by atoms with Crippen LogP contribution in [-0.2, 0) is 0 Å². The van der Waals surface area contributed by atoms with Crippen LogP contribution in [0.5, 0.6) is 0 Å². The maximum Gasteiger partial charge on any atom is 0.0621 e. The summed E-state index contributed by atoms with van der Waals surface area (Å²) in [5, 5.41) is 19.1. The third-order valence-corrected chi connectivity index (χ3v) is 3.32. The van der Waals surface area contributed by atoms with Gasteiger partial charge in [-0.25, -0.2) is 0 Å². The second kappa shape index (κ2) is 4.25. The van der Waals surface area contributed by atoms with Crippen molar-refractivity contribution < 1.29 is 10.2 Å². The Labute approximate surface area is 80.3 Å². The van der Waals surface area contributed by atoms with Crippen molar-refractivity contribution in [2.24, 2.45) is 17.8 Å². The van der Waals surface area contributed by atoms with Crippen molar-refractivity contribution in [1.82, 2.24) is 0 Å². The largest absolute Gasteiger partial charge is 0.396 e. The standard InChI is InChI=1S/C11H20O2/c1-7(2)9-5-4-8(3)11(13)10(9)6-12/h8-13H,1,4-6H2,2-3H3. The molecule has 4 atom stereocenters. The normalized spacial score (nSPS) is 40.3. The van der Waals surface area contributed by atoms with Gasteiger partial charge < -0.3 is 10.2 Å². The SMILES string of the molecule is C=C(C)C1CCC(C)C(O)C1CO. The monoisotopic (exact) mass is 184 g/mol. The van der Waals surface area contributed by atoms with Crippen molar-refractivity contribution in [2.75, 3.05) is 6.61 Å². The van der Waals surface area contributed by atoms with Gasteiger partial charge in [0.25, 0.3) is 0 Å². The zero-order valence-electron chi connectivity index (χ0n) is 8.53. The van der Waals surface area contributed by atoms with Gasteiger partial charge in [-0.15, -0.1) is 0 Å². The molecule has 0 amide bonds. The van der Waals surface area contributed by atoms with Crippen molar-refractivity contribution >= 4 is 0 Å². The Bertz CT molecular complexity index is 189. The molecule has 1 rings (SSSR count). The average molecular weight is 184 g/mol. The summed E-state index contributed by atoms with van der Waals surface area (Å²) in [6.07, 6.45) is 1.73. The first-order valence-corrected chi connectivity index (χ1v) is 5.02. The van der Waals surface area contributed by atoms with Crippen LogP contribution in [0.15, 0.2) is 12.2 Å². The summed E-state index contributed by atoms with van der Waals surface area (Å²) in [5.41, 5.74) is 1.09. The van der Waals surface area contributed by atoms with Gasteiger partial charge in [0.05, 0.1) is 6.10 Å². The molecule has 1 aliphatic carbocycles. The van der Waals surface area contributed by atoms with Gasteiger partial charge in [0.1, 0.15) is 0 Å². The van der Waals surface area contributed by atoms with Gasteiger partial charge in [-0.2, -0.15) is 0 Å². The van der Waals surface area contributed by atoms with E-state index in [-0.39, 0.29) is 18.6 Å². The van der Waals surface area contributed by atoms with E-state index in [2.05, 4.69) is 6.58 Å². The predicted molar refractivity (Wildman–Crippen MR) is 53.3 cm³/mol. The van der Waals surface area contributed by atoms with Crippen LogP contribution in [0.4, 0.5) is 0 Å². The number of aliphatic hydroxyl groups is 2. The average Bonchev–Trinajstić information content (AvgIpc) is 2.09. The molecule has 0 aliphatic heterocycles.